The molecule has 10 heteroatoms. The molecule has 0 bridgehead atoms. The molecule has 32 heavy (non-hydrogen) atoms. The Morgan fingerprint density at radius 3 is 2.75 bits per heavy atom. The first-order valence-electron chi connectivity index (χ1n) is 10.5. The molecule has 0 spiro atoms. The molecule has 0 atom stereocenters. The summed E-state index contributed by atoms with van der Waals surface area (Å²) in [4.78, 5) is 39.6. The van der Waals surface area contributed by atoms with Crippen molar-refractivity contribution in [2.45, 2.75) is 25.8 Å². The Bertz CT molecular complexity index is 1390. The summed E-state index contributed by atoms with van der Waals surface area (Å²) in [6.07, 6.45) is 3.05. The number of fused-ring (bicyclic) bond motifs is 2. The standard InChI is InChI=1S/C22H22N6O4/c23-13-4-6-15-16(10-13)25-26-20(15)21(30)24-14-5-7-18-17(11-14)28(22(31)32-18)12-19(29)27-8-2-1-3-9-27/h4-7,10-11H,1-3,8-9,12,23H2,(H,24,30)(H,25,26). The quantitative estimate of drug-likeness (QED) is 0.421. The number of carbonyl (C=O) groups is 2. The van der Waals surface area contributed by atoms with Gasteiger partial charge in [0, 0.05) is 29.9 Å². The minimum atomic E-state index is -0.607. The van der Waals surface area contributed by atoms with Gasteiger partial charge in [0.05, 0.1) is 11.0 Å². The zero-order valence-electron chi connectivity index (χ0n) is 17.3. The van der Waals surface area contributed by atoms with Gasteiger partial charge in [-0.1, -0.05) is 0 Å². The zero-order chi connectivity index (χ0) is 22.2. The fourth-order valence-electron chi connectivity index (χ4n) is 4.07. The number of piperidine rings is 1. The van der Waals surface area contributed by atoms with Crippen LogP contribution in [-0.2, 0) is 11.3 Å². The molecule has 2 aromatic carbocycles. The summed E-state index contributed by atoms with van der Waals surface area (Å²) in [5, 5.41) is 10.3. The molecule has 1 saturated heterocycles. The van der Waals surface area contributed by atoms with Gasteiger partial charge in [0.2, 0.25) is 5.91 Å². The molecule has 1 fully saturated rings. The van der Waals surface area contributed by atoms with E-state index in [0.717, 1.165) is 19.3 Å². The molecule has 0 saturated carbocycles. The van der Waals surface area contributed by atoms with Gasteiger partial charge in [-0.3, -0.25) is 19.3 Å². The molecular weight excluding hydrogens is 412 g/mol. The van der Waals surface area contributed by atoms with Crippen LogP contribution in [0.5, 0.6) is 0 Å². The minimum Gasteiger partial charge on any atom is -0.408 e. The highest BCUT2D eigenvalue weighted by Crippen LogP contribution is 2.22. The smallest absolute Gasteiger partial charge is 0.408 e. The normalized spacial score (nSPS) is 14.2. The predicted molar refractivity (Wildman–Crippen MR) is 119 cm³/mol. The van der Waals surface area contributed by atoms with Crippen molar-refractivity contribution in [1.82, 2.24) is 19.7 Å². The number of carbonyl (C=O) groups excluding carboxylic acids is 2. The molecule has 4 aromatic rings. The number of nitrogens with one attached hydrogen (secondary N) is 2. The highest BCUT2D eigenvalue weighted by molar-refractivity contribution is 6.11. The van der Waals surface area contributed by atoms with Gasteiger partial charge >= 0.3 is 5.76 Å². The molecule has 0 aliphatic carbocycles. The lowest BCUT2D eigenvalue weighted by Gasteiger charge is -2.26. The summed E-state index contributed by atoms with van der Waals surface area (Å²) in [6, 6.07) is 9.98. The van der Waals surface area contributed by atoms with Crippen LogP contribution in [-0.4, -0.2) is 44.6 Å². The van der Waals surface area contributed by atoms with Crippen LogP contribution in [0, 0.1) is 0 Å². The molecule has 4 N–H and O–H groups in total. The lowest BCUT2D eigenvalue weighted by molar-refractivity contribution is -0.132. The number of anilines is 2. The molecule has 1 aliphatic rings. The van der Waals surface area contributed by atoms with Crippen LogP contribution in [0.25, 0.3) is 22.0 Å². The van der Waals surface area contributed by atoms with E-state index in [9.17, 15) is 14.4 Å². The first kappa shape index (κ1) is 19.9. The summed E-state index contributed by atoms with van der Waals surface area (Å²) in [6.45, 7) is 1.30. The van der Waals surface area contributed by atoms with E-state index < -0.39 is 11.7 Å². The van der Waals surface area contributed by atoms with Gasteiger partial charge in [-0.05, 0) is 55.7 Å². The molecule has 164 valence electrons. The third-order valence-electron chi connectivity index (χ3n) is 5.73. The largest absolute Gasteiger partial charge is 0.420 e. The maximum atomic E-state index is 12.8. The first-order chi connectivity index (χ1) is 15.5. The number of nitrogens with two attached hydrogens (primary N) is 1. The number of H-pyrrole nitrogens is 1. The number of benzene rings is 2. The lowest BCUT2D eigenvalue weighted by atomic mass is 10.1. The van der Waals surface area contributed by atoms with Crippen molar-refractivity contribution in [2.75, 3.05) is 24.1 Å². The average Bonchev–Trinajstić information content (AvgIpc) is 3.34. The van der Waals surface area contributed by atoms with Gasteiger partial charge < -0.3 is 20.4 Å². The SMILES string of the molecule is Nc1ccc2c(C(=O)Nc3ccc4oc(=O)n(CC(=O)N5CCCCC5)c4c3)n[nH]c2c1. The topological polar surface area (TPSA) is 139 Å². The fraction of sp³-hybridized carbons (Fsp3) is 0.273. The second-order valence-corrected chi connectivity index (χ2v) is 7.91. The summed E-state index contributed by atoms with van der Waals surface area (Å²) >= 11 is 0. The fourth-order valence-corrected chi connectivity index (χ4v) is 4.07. The van der Waals surface area contributed by atoms with Crippen molar-refractivity contribution in [3.05, 3.63) is 52.6 Å². The van der Waals surface area contributed by atoms with Gasteiger partial charge in [0.25, 0.3) is 5.91 Å². The number of nitrogens with zero attached hydrogens (tertiary/aromatic N) is 3. The van der Waals surface area contributed by atoms with Crippen molar-refractivity contribution >= 4 is 45.2 Å². The Kier molecular flexibility index (Phi) is 4.89. The van der Waals surface area contributed by atoms with Crippen molar-refractivity contribution in [3.8, 4) is 0 Å². The summed E-state index contributed by atoms with van der Waals surface area (Å²) < 4.78 is 6.58. The molecule has 10 nitrogen and oxygen atoms in total. The van der Waals surface area contributed by atoms with Crippen molar-refractivity contribution in [3.63, 3.8) is 0 Å². The number of rotatable bonds is 4. The number of oxazole rings is 1. The first-order valence-corrected chi connectivity index (χ1v) is 10.5. The molecular formula is C22H22N6O4. The van der Waals surface area contributed by atoms with E-state index in [1.165, 1.54) is 4.57 Å². The lowest BCUT2D eigenvalue weighted by Crippen LogP contribution is -2.39. The zero-order valence-corrected chi connectivity index (χ0v) is 17.3. The second kappa shape index (κ2) is 7.88. The maximum absolute atomic E-state index is 12.8. The van der Waals surface area contributed by atoms with E-state index in [0.29, 0.717) is 46.5 Å². The van der Waals surface area contributed by atoms with Gasteiger partial charge in [-0.2, -0.15) is 5.10 Å². The van der Waals surface area contributed by atoms with Crippen LogP contribution < -0.4 is 16.8 Å². The summed E-state index contributed by atoms with van der Waals surface area (Å²) in [5.41, 5.74) is 8.46. The minimum absolute atomic E-state index is 0.103. The molecule has 0 radical (unpaired) electrons. The molecule has 5 rings (SSSR count). The van der Waals surface area contributed by atoms with E-state index in [1.54, 1.807) is 41.3 Å². The van der Waals surface area contributed by atoms with Crippen molar-refractivity contribution in [1.29, 1.82) is 0 Å². The second-order valence-electron chi connectivity index (χ2n) is 7.91. The van der Waals surface area contributed by atoms with Gasteiger partial charge in [-0.15, -0.1) is 0 Å². The monoisotopic (exact) mass is 434 g/mol. The summed E-state index contributed by atoms with van der Waals surface area (Å²) in [7, 11) is 0. The highest BCUT2D eigenvalue weighted by Gasteiger charge is 2.20. The number of amides is 2. The van der Waals surface area contributed by atoms with Crippen LogP contribution in [0.1, 0.15) is 29.8 Å². The predicted octanol–water partition coefficient (Wildman–Crippen LogP) is 2.32. The number of aromatic nitrogens is 3. The number of hydrogen-bond acceptors (Lipinski definition) is 6. The van der Waals surface area contributed by atoms with E-state index in [-0.39, 0.29) is 18.1 Å². The highest BCUT2D eigenvalue weighted by atomic mass is 16.4. The molecule has 3 heterocycles. The van der Waals surface area contributed by atoms with E-state index in [1.807, 2.05) is 0 Å². The molecule has 2 amide bonds. The number of nitrogen functional groups attached to an aromatic ring is 1. The number of aromatic amines is 1. The third-order valence-corrected chi connectivity index (χ3v) is 5.73. The van der Waals surface area contributed by atoms with E-state index in [4.69, 9.17) is 10.2 Å². The number of likely N-dealkylation sites (tertiary alicyclic amines) is 1. The summed E-state index contributed by atoms with van der Waals surface area (Å²) in [5.74, 6) is -1.14. The Morgan fingerprint density at radius 1 is 1.12 bits per heavy atom. The van der Waals surface area contributed by atoms with Crippen molar-refractivity contribution < 1.29 is 14.0 Å². The van der Waals surface area contributed by atoms with E-state index in [2.05, 4.69) is 15.5 Å². The van der Waals surface area contributed by atoms with Gasteiger partial charge in [-0.25, -0.2) is 4.79 Å². The Labute approximate surface area is 182 Å². The van der Waals surface area contributed by atoms with Crippen LogP contribution in [0.15, 0.2) is 45.6 Å². The Hall–Kier alpha value is -4.08. The average molecular weight is 434 g/mol. The van der Waals surface area contributed by atoms with Crippen LogP contribution in [0.3, 0.4) is 0 Å². The van der Waals surface area contributed by atoms with Crippen LogP contribution in [0.2, 0.25) is 0 Å². The Balaban J connectivity index is 1.41. The van der Waals surface area contributed by atoms with Crippen LogP contribution in [0.4, 0.5) is 11.4 Å². The van der Waals surface area contributed by atoms with Crippen LogP contribution >= 0.6 is 0 Å². The maximum Gasteiger partial charge on any atom is 0.420 e. The third kappa shape index (κ3) is 3.59. The van der Waals surface area contributed by atoms with Gasteiger partial charge in [0.15, 0.2) is 11.3 Å². The molecule has 2 aromatic heterocycles. The van der Waals surface area contributed by atoms with E-state index >= 15 is 0 Å². The van der Waals surface area contributed by atoms with Gasteiger partial charge in [0.1, 0.15) is 6.54 Å². The number of hydrogen-bond donors (Lipinski definition) is 3. The van der Waals surface area contributed by atoms with Crippen molar-refractivity contribution in [2.24, 2.45) is 0 Å². The molecule has 1 aliphatic heterocycles. The molecule has 0 unspecified atom stereocenters. The Morgan fingerprint density at radius 2 is 1.94 bits per heavy atom.